The Hall–Kier alpha value is -15.1. The normalized spacial score (nSPS) is 15.7. The Kier molecular flexibility index (Phi) is 20.4. The fourth-order valence-electron chi connectivity index (χ4n) is 24.6. The van der Waals surface area contributed by atoms with E-state index in [0.717, 1.165) is 156 Å². The van der Waals surface area contributed by atoms with Crippen LogP contribution in [0.3, 0.4) is 0 Å². The average Bonchev–Trinajstić information content (AvgIpc) is 1.37. The number of nitrogen functional groups attached to an aromatic ring is 2. The van der Waals surface area contributed by atoms with Crippen LogP contribution in [0.2, 0.25) is 0 Å². The number of amides is 4. The van der Waals surface area contributed by atoms with Gasteiger partial charge in [-0.25, -0.2) is 9.80 Å². The molecule has 12 heteroatoms. The third-order valence-electron chi connectivity index (χ3n) is 32.1. The van der Waals surface area contributed by atoms with E-state index in [0.29, 0.717) is 102 Å². The molecule has 17 aromatic carbocycles. The van der Waals surface area contributed by atoms with Crippen LogP contribution in [0.4, 0.5) is 22.7 Å². The van der Waals surface area contributed by atoms with E-state index in [-0.39, 0.29) is 57.2 Å². The number of carbonyl (C=O) groups is 4. The summed E-state index contributed by atoms with van der Waals surface area (Å²) in [5.74, 6) is 2.07. The van der Waals surface area contributed by atoms with Crippen molar-refractivity contribution < 1.29 is 38.1 Å². The first-order valence-corrected chi connectivity index (χ1v) is 51.3. The third-order valence-corrected chi connectivity index (χ3v) is 32.1. The van der Waals surface area contributed by atoms with Gasteiger partial charge >= 0.3 is 0 Å². The zero-order valence-corrected chi connectivity index (χ0v) is 86.3. The molecule has 2 aliphatic heterocycles. The van der Waals surface area contributed by atoms with Crippen molar-refractivity contribution in [1.82, 2.24) is 0 Å². The molecule has 0 aromatic heterocycles. The van der Waals surface area contributed by atoms with E-state index in [1.54, 1.807) is 0 Å². The number of hydrogen-bond acceptors (Lipinski definition) is 10. The third kappa shape index (κ3) is 14.1. The van der Waals surface area contributed by atoms with Gasteiger partial charge in [-0.3, -0.25) is 19.2 Å². The van der Waals surface area contributed by atoms with Crippen molar-refractivity contribution in [2.24, 2.45) is 11.8 Å². The van der Waals surface area contributed by atoms with Crippen molar-refractivity contribution in [3.05, 3.63) is 354 Å². The maximum Gasteiger partial charge on any atom is 0.266 e. The van der Waals surface area contributed by atoms with Gasteiger partial charge < -0.3 is 30.4 Å². The number of rotatable bonds is 17. The molecule has 0 radical (unpaired) electrons. The summed E-state index contributed by atoms with van der Waals surface area (Å²) >= 11 is 0. The van der Waals surface area contributed by atoms with Crippen LogP contribution in [0.1, 0.15) is 293 Å². The predicted molar refractivity (Wildman–Crippen MR) is 594 cm³/mol. The molecule has 2 heterocycles. The molecule has 4 N–H and O–H groups in total. The first-order chi connectivity index (χ1) is 68.5. The standard InChI is InChI=1S/C132H120N4O8/c1-65(2)95-57-81(133)58-96(66(3)4)123(95)135-125(137)103-61-107(141-83-33-25-77(26-34-83)129(11,12)13)117-91-45-41-87-99-53-73-49-69(9)71(51-75(73)55-101(99)89-43-47-93(113(91)111(87)89)119-109(63-105(127(135)139)115(103)121(117)119)143-85-37-29-79(30-38-85)131(17,18)19)23-24-72-52-76-56-102-90-44-48-94-114-92(46-42-88(112(90)114)100(102)54-74(76)50-70(72)10)118-108(142-84-35-27-78(28-36-84)130(14,15)16)62-104-116-106(64-110(120(94)122(116)118)144-86-39-31-80(32-40-86)132(20,21)22)128(140)136(126(104)138)124-97(67(5)6)59-82(134)60-98(124)68(7)8/h25-68,111,113H,23-24,133-134H2,1-22H3. The molecule has 0 saturated heterocycles. The molecule has 2 atom stereocenters. The molecule has 144 heavy (non-hydrogen) atoms. The van der Waals surface area contributed by atoms with E-state index in [1.807, 2.05) is 97.1 Å². The Morgan fingerprint density at radius 2 is 0.556 bits per heavy atom. The van der Waals surface area contributed by atoms with E-state index in [1.165, 1.54) is 65.1 Å². The topological polar surface area (TPSA) is 164 Å². The summed E-state index contributed by atoms with van der Waals surface area (Å²) in [6.07, 6.45) is 10.9. The lowest BCUT2D eigenvalue weighted by Gasteiger charge is -2.42. The van der Waals surface area contributed by atoms with Crippen molar-refractivity contribution in [3.8, 4) is 68.2 Å². The minimum atomic E-state index is -0.438. The van der Waals surface area contributed by atoms with E-state index in [9.17, 15) is 0 Å². The first kappa shape index (κ1) is 91.3. The summed E-state index contributed by atoms with van der Waals surface area (Å²) in [5.41, 5.74) is 42.8. The monoisotopic (exact) mass is 1890 g/mol. The molecule has 0 spiro atoms. The van der Waals surface area contributed by atoms with Gasteiger partial charge in [0.05, 0.1) is 33.6 Å². The molecule has 0 saturated carbocycles. The zero-order chi connectivity index (χ0) is 101. The second-order valence-corrected chi connectivity index (χ2v) is 46.9. The Morgan fingerprint density at radius 3 is 0.875 bits per heavy atom. The van der Waals surface area contributed by atoms with Crippen molar-refractivity contribution in [3.63, 3.8) is 0 Å². The lowest BCUT2D eigenvalue weighted by molar-refractivity contribution is 0.0877. The van der Waals surface area contributed by atoms with Gasteiger partial charge in [0.2, 0.25) is 0 Å². The quantitative estimate of drug-likeness (QED) is 0.0388. The van der Waals surface area contributed by atoms with Crippen LogP contribution >= 0.6 is 0 Å². The minimum Gasteiger partial charge on any atom is -0.457 e. The highest BCUT2D eigenvalue weighted by Crippen LogP contribution is 2.67. The Labute approximate surface area is 842 Å². The highest BCUT2D eigenvalue weighted by molar-refractivity contribution is 6.46. The van der Waals surface area contributed by atoms with Gasteiger partial charge in [0, 0.05) is 66.7 Å². The van der Waals surface area contributed by atoms with Gasteiger partial charge in [0.25, 0.3) is 23.6 Å². The average molecular weight is 1890 g/mol. The molecule has 716 valence electrons. The second kappa shape index (κ2) is 32.2. The molecule has 4 amide bonds. The van der Waals surface area contributed by atoms with Crippen LogP contribution in [-0.4, -0.2) is 23.6 Å². The summed E-state index contributed by atoms with van der Waals surface area (Å²) in [6.45, 7) is 47.6. The predicted octanol–water partition coefficient (Wildman–Crippen LogP) is 34.4. The number of nitrogens with two attached hydrogens (primary N) is 2. The first-order valence-electron chi connectivity index (χ1n) is 51.3. The largest absolute Gasteiger partial charge is 0.457 e. The number of aryl methyl sites for hydroxylation is 4. The van der Waals surface area contributed by atoms with Crippen molar-refractivity contribution in [1.29, 1.82) is 0 Å². The summed E-state index contributed by atoms with van der Waals surface area (Å²) in [5, 5.41) is 12.9. The van der Waals surface area contributed by atoms with Crippen LogP contribution in [-0.2, 0) is 34.5 Å². The molecular formula is C132H120N4O8. The maximum absolute atomic E-state index is 16.3. The lowest BCUT2D eigenvalue weighted by Crippen LogP contribution is -2.42. The molecule has 12 nitrogen and oxygen atoms in total. The fourth-order valence-corrected chi connectivity index (χ4v) is 24.6. The molecule has 7 aliphatic rings. The number of fused-ring (bicyclic) bond motifs is 12. The molecular weight excluding hydrogens is 1770 g/mol. The van der Waals surface area contributed by atoms with E-state index in [4.69, 9.17) is 30.4 Å². The van der Waals surface area contributed by atoms with Gasteiger partial charge in [-0.05, 0) is 359 Å². The number of hydrogen-bond donors (Lipinski definition) is 2. The van der Waals surface area contributed by atoms with Crippen LogP contribution in [0.15, 0.2) is 243 Å². The van der Waals surface area contributed by atoms with Crippen LogP contribution in [0.5, 0.6) is 46.0 Å². The van der Waals surface area contributed by atoms with E-state index >= 15 is 19.2 Å². The second-order valence-electron chi connectivity index (χ2n) is 46.9. The number of allylic oxidation sites excluding steroid dienone is 8. The fraction of sp³-hybridized carbons (Fsp3) is 0.258. The van der Waals surface area contributed by atoms with Crippen molar-refractivity contribution >= 4 is 144 Å². The molecule has 5 aliphatic carbocycles. The summed E-state index contributed by atoms with van der Waals surface area (Å²) in [6, 6.07) is 76.8. The van der Waals surface area contributed by atoms with Gasteiger partial charge in [-0.2, -0.15) is 0 Å². The van der Waals surface area contributed by atoms with E-state index < -0.39 is 23.6 Å². The highest BCUT2D eigenvalue weighted by Gasteiger charge is 2.52. The van der Waals surface area contributed by atoms with E-state index in [2.05, 4.69) is 298 Å². The number of carbonyl (C=O) groups excluding carboxylic acids is 4. The zero-order valence-electron chi connectivity index (χ0n) is 86.3. The lowest BCUT2D eigenvalue weighted by atomic mass is 9.62. The van der Waals surface area contributed by atoms with Gasteiger partial charge in [0.15, 0.2) is 0 Å². The number of imide groups is 2. The van der Waals surface area contributed by atoms with Crippen LogP contribution < -0.4 is 40.2 Å². The van der Waals surface area contributed by atoms with Crippen molar-refractivity contribution in [2.75, 3.05) is 21.3 Å². The van der Waals surface area contributed by atoms with Crippen molar-refractivity contribution in [2.45, 2.75) is 210 Å². The SMILES string of the molecule is Cc1cc2cc3c(cc2cc1CCc1cc2cc4c(cc2cc1C)-c1ccc2c5c(Oc6ccc(C(C)(C)C)cc6)cc6c7c(cc(Oc8ccc(C(C)(C)C)cc8)c(c8ccc-4c1c28)c75)C(=O)N(c1c(C(C)C)cc(N)cc1C(C)C)C6=O)C1=CC=C2c4c(Oc5ccc(C(C)(C)C)cc5)cc5c6c(cc(Oc7ccc(C(C)(C)C)cc7)c(c46)C4=CC=C3C1C42)C(=O)N(c1c(C(C)C)cc(N)cc1C(C)C)C5=O. The Balaban J connectivity index is 0.613. The van der Waals surface area contributed by atoms with Gasteiger partial charge in [-0.15, -0.1) is 0 Å². The van der Waals surface area contributed by atoms with Crippen LogP contribution in [0.25, 0.3) is 120 Å². The number of nitrogens with zero attached hydrogens (tertiary/aromatic N) is 2. The summed E-state index contributed by atoms with van der Waals surface area (Å²) in [4.78, 5) is 68.0. The summed E-state index contributed by atoms with van der Waals surface area (Å²) in [7, 11) is 0. The Morgan fingerprint density at radius 1 is 0.278 bits per heavy atom. The smallest absolute Gasteiger partial charge is 0.266 e. The molecule has 0 fully saturated rings. The van der Waals surface area contributed by atoms with Gasteiger partial charge in [-0.1, -0.05) is 260 Å². The number of ether oxygens (including phenoxy) is 4. The maximum atomic E-state index is 16.3. The molecule has 0 bridgehead atoms. The van der Waals surface area contributed by atoms with Gasteiger partial charge in [0.1, 0.15) is 46.0 Å². The summed E-state index contributed by atoms with van der Waals surface area (Å²) < 4.78 is 29.5. The number of benzene rings is 17. The minimum absolute atomic E-state index is 0.0879. The Bertz CT molecular complexity index is 8550. The highest BCUT2D eigenvalue weighted by atomic mass is 16.5. The molecule has 17 aromatic rings. The van der Waals surface area contributed by atoms with Crippen LogP contribution in [0, 0.1) is 25.7 Å². The molecule has 2 unspecified atom stereocenters. The number of anilines is 4. The molecule has 24 rings (SSSR count).